The van der Waals surface area contributed by atoms with E-state index in [1.165, 1.54) is 18.2 Å². The molecule has 2 aromatic carbocycles. The van der Waals surface area contributed by atoms with Crippen LogP contribution in [-0.2, 0) is 27.1 Å². The summed E-state index contributed by atoms with van der Waals surface area (Å²) in [4.78, 5) is 35.2. The Labute approximate surface area is 239 Å². The van der Waals surface area contributed by atoms with Crippen molar-refractivity contribution >= 4 is 34.1 Å². The fraction of sp³-hybridized carbons (Fsp3) is 0.500. The number of hydrogen-bond donors (Lipinski definition) is 2. The first-order valence-corrected chi connectivity index (χ1v) is 13.9. The molecule has 2 N–H and O–H groups in total. The number of hydrogen-bond acceptors (Lipinski definition) is 6. The molecule has 2 aliphatic rings. The van der Waals surface area contributed by atoms with E-state index in [0.29, 0.717) is 5.56 Å². The predicted molar refractivity (Wildman–Crippen MR) is 153 cm³/mol. The van der Waals surface area contributed by atoms with E-state index in [-0.39, 0.29) is 24.1 Å². The maximum Gasteiger partial charge on any atom is 0.408 e. The summed E-state index contributed by atoms with van der Waals surface area (Å²) in [7, 11) is 1.35. The molecule has 0 aromatic heterocycles. The Morgan fingerprint density at radius 2 is 1.23 bits per heavy atom. The van der Waals surface area contributed by atoms with Gasteiger partial charge in [0, 0.05) is 4.47 Å². The van der Waals surface area contributed by atoms with Gasteiger partial charge >= 0.3 is 18.2 Å². The monoisotopic (exact) mass is 602 g/mol. The minimum Gasteiger partial charge on any atom is -0.465 e. The average molecular weight is 604 g/mol. The molecule has 2 amide bonds. The summed E-state index contributed by atoms with van der Waals surface area (Å²) in [5.74, 6) is -0.374. The van der Waals surface area contributed by atoms with Gasteiger partial charge in [-0.1, -0.05) is 28.1 Å². The van der Waals surface area contributed by atoms with Gasteiger partial charge in [-0.25, -0.2) is 14.4 Å². The van der Waals surface area contributed by atoms with Gasteiger partial charge in [0.05, 0.1) is 24.8 Å². The molecule has 39 heavy (non-hydrogen) atoms. The van der Waals surface area contributed by atoms with Crippen molar-refractivity contribution in [2.75, 3.05) is 7.11 Å². The van der Waals surface area contributed by atoms with Crippen LogP contribution in [0.1, 0.15) is 99.1 Å². The highest BCUT2D eigenvalue weighted by Gasteiger charge is 2.28. The predicted octanol–water partition coefficient (Wildman–Crippen LogP) is 6.95. The molecule has 4 rings (SSSR count). The lowest BCUT2D eigenvalue weighted by Crippen LogP contribution is -2.34. The number of halogens is 1. The van der Waals surface area contributed by atoms with Gasteiger partial charge in [-0.2, -0.15) is 0 Å². The summed E-state index contributed by atoms with van der Waals surface area (Å²) < 4.78 is 16.3. The highest BCUT2D eigenvalue weighted by Crippen LogP contribution is 2.34. The molecule has 0 fully saturated rings. The van der Waals surface area contributed by atoms with Crippen molar-refractivity contribution in [1.29, 1.82) is 0 Å². The van der Waals surface area contributed by atoms with Crippen LogP contribution in [0, 0.1) is 0 Å². The number of aryl methyl sites for hydroxylation is 2. The maximum absolute atomic E-state index is 11.9. The van der Waals surface area contributed by atoms with E-state index in [1.807, 2.05) is 53.7 Å². The Morgan fingerprint density at radius 3 is 1.69 bits per heavy atom. The molecule has 0 radical (unpaired) electrons. The molecule has 0 aliphatic heterocycles. The number of alkyl carbamates (subject to hydrolysis) is 2. The summed E-state index contributed by atoms with van der Waals surface area (Å²) >= 11 is 3.46. The fourth-order valence-electron chi connectivity index (χ4n) is 4.62. The molecule has 212 valence electrons. The summed E-state index contributed by atoms with van der Waals surface area (Å²) in [6.07, 6.45) is 2.83. The summed E-state index contributed by atoms with van der Waals surface area (Å²) in [5.41, 5.74) is 4.11. The molecule has 0 spiro atoms. The van der Waals surface area contributed by atoms with Crippen molar-refractivity contribution in [1.82, 2.24) is 10.6 Å². The zero-order valence-corrected chi connectivity index (χ0v) is 25.4. The van der Waals surface area contributed by atoms with E-state index < -0.39 is 17.3 Å². The molecule has 2 aromatic rings. The van der Waals surface area contributed by atoms with E-state index in [4.69, 9.17) is 14.2 Å². The number of amides is 2. The number of rotatable bonds is 3. The van der Waals surface area contributed by atoms with Crippen LogP contribution in [0.5, 0.6) is 0 Å². The maximum atomic E-state index is 11.9. The molecule has 0 heterocycles. The van der Waals surface area contributed by atoms with Gasteiger partial charge in [0.25, 0.3) is 0 Å². The first-order valence-electron chi connectivity index (χ1n) is 13.1. The minimum atomic E-state index is -0.528. The quantitative estimate of drug-likeness (QED) is 0.291. The summed E-state index contributed by atoms with van der Waals surface area (Å²) in [6, 6.07) is 11.6. The van der Waals surface area contributed by atoms with Crippen molar-refractivity contribution < 1.29 is 28.6 Å². The number of fused-ring (bicyclic) bond motifs is 2. The van der Waals surface area contributed by atoms with Crippen LogP contribution in [-0.4, -0.2) is 36.5 Å². The van der Waals surface area contributed by atoms with Gasteiger partial charge in [-0.3, -0.25) is 0 Å². The lowest BCUT2D eigenvalue weighted by atomic mass is 10.0. The fourth-order valence-corrected chi connectivity index (χ4v) is 5.00. The van der Waals surface area contributed by atoms with Crippen molar-refractivity contribution in [2.24, 2.45) is 0 Å². The van der Waals surface area contributed by atoms with Crippen LogP contribution in [0.25, 0.3) is 0 Å². The van der Waals surface area contributed by atoms with Crippen molar-refractivity contribution in [3.05, 3.63) is 68.7 Å². The smallest absolute Gasteiger partial charge is 0.408 e. The van der Waals surface area contributed by atoms with Crippen LogP contribution in [0.2, 0.25) is 0 Å². The van der Waals surface area contributed by atoms with Crippen molar-refractivity contribution in [3.8, 4) is 0 Å². The third-order valence-electron chi connectivity index (χ3n) is 6.21. The number of benzene rings is 2. The van der Waals surface area contributed by atoms with Gasteiger partial charge in [0.2, 0.25) is 0 Å². The normalized spacial score (nSPS) is 17.6. The Morgan fingerprint density at radius 1 is 0.769 bits per heavy atom. The van der Waals surface area contributed by atoms with Gasteiger partial charge in [0.15, 0.2) is 0 Å². The second kappa shape index (κ2) is 12.4. The first kappa shape index (κ1) is 30.5. The van der Waals surface area contributed by atoms with Crippen LogP contribution in [0.3, 0.4) is 0 Å². The lowest BCUT2D eigenvalue weighted by molar-refractivity contribution is 0.0492. The molecular weight excluding hydrogens is 564 g/mol. The second-order valence-corrected chi connectivity index (χ2v) is 12.6. The van der Waals surface area contributed by atoms with Gasteiger partial charge < -0.3 is 24.8 Å². The standard InChI is InChI=1S/C16H21NO4.C14H18BrNO2/c1-16(2,3)21-15(19)17-13-8-7-10-5-6-11(9-12(10)13)14(18)20-4;1-14(2,3)18-13(17)16-12-7-5-9-4-6-10(15)8-11(9)12/h5-6,9,13H,7-8H2,1-4H3,(H,17,19);4,6,8,12H,5,7H2,1-3H3,(H,16,17)/t13-;12-/m11/s1. The number of esters is 1. The van der Waals surface area contributed by atoms with E-state index in [2.05, 4.69) is 38.7 Å². The second-order valence-electron chi connectivity index (χ2n) is 11.7. The van der Waals surface area contributed by atoms with Crippen LogP contribution in [0.15, 0.2) is 40.9 Å². The molecule has 8 nitrogen and oxygen atoms in total. The zero-order chi connectivity index (χ0) is 29.0. The molecule has 2 atom stereocenters. The Kier molecular flexibility index (Phi) is 9.69. The third-order valence-corrected chi connectivity index (χ3v) is 6.71. The highest BCUT2D eigenvalue weighted by atomic mass is 79.9. The Bertz CT molecular complexity index is 1210. The van der Waals surface area contributed by atoms with E-state index >= 15 is 0 Å². The summed E-state index contributed by atoms with van der Waals surface area (Å²) in [6.45, 7) is 11.1. The Hall–Kier alpha value is -3.07. The minimum absolute atomic E-state index is 0.0624. The van der Waals surface area contributed by atoms with Gasteiger partial charge in [-0.15, -0.1) is 0 Å². The highest BCUT2D eigenvalue weighted by molar-refractivity contribution is 9.10. The van der Waals surface area contributed by atoms with Gasteiger partial charge in [-0.05, 0) is 114 Å². The zero-order valence-electron chi connectivity index (χ0n) is 23.8. The largest absolute Gasteiger partial charge is 0.465 e. The number of methoxy groups -OCH3 is 1. The molecule has 0 unspecified atom stereocenters. The first-order chi connectivity index (χ1) is 18.1. The number of carbonyl (C=O) groups is 3. The van der Waals surface area contributed by atoms with E-state index in [9.17, 15) is 14.4 Å². The number of carbonyl (C=O) groups excluding carboxylic acids is 3. The van der Waals surface area contributed by atoms with E-state index in [1.54, 1.807) is 12.1 Å². The number of ether oxygens (including phenoxy) is 3. The number of nitrogens with one attached hydrogen (secondary N) is 2. The average Bonchev–Trinajstić information content (AvgIpc) is 3.40. The summed E-state index contributed by atoms with van der Waals surface area (Å²) in [5, 5.41) is 5.80. The van der Waals surface area contributed by atoms with Gasteiger partial charge in [0.1, 0.15) is 11.2 Å². The molecule has 0 bridgehead atoms. The van der Waals surface area contributed by atoms with Crippen LogP contribution >= 0.6 is 15.9 Å². The van der Waals surface area contributed by atoms with Crippen LogP contribution in [0.4, 0.5) is 9.59 Å². The van der Waals surface area contributed by atoms with E-state index in [0.717, 1.165) is 41.3 Å². The molecule has 9 heteroatoms. The lowest BCUT2D eigenvalue weighted by Gasteiger charge is -2.22. The van der Waals surface area contributed by atoms with Crippen molar-refractivity contribution in [2.45, 2.75) is 90.5 Å². The molecule has 0 saturated carbocycles. The topological polar surface area (TPSA) is 103 Å². The molecular formula is C30H39BrN2O6. The van der Waals surface area contributed by atoms with Crippen LogP contribution < -0.4 is 10.6 Å². The molecule has 0 saturated heterocycles. The van der Waals surface area contributed by atoms with Crippen molar-refractivity contribution in [3.63, 3.8) is 0 Å². The third kappa shape index (κ3) is 8.98. The SMILES string of the molecule is CC(C)(C)OC(=O)N[C@@H]1CCc2ccc(Br)cc21.COC(=O)c1ccc2c(c1)[C@H](NC(=O)OC(C)(C)C)CC2. The Balaban J connectivity index is 0.000000218. The molecule has 2 aliphatic carbocycles.